The minimum atomic E-state index is -3.82. The number of rotatable bonds is 6. The number of nitrogens with one attached hydrogen (secondary N) is 1. The van der Waals surface area contributed by atoms with Gasteiger partial charge in [0.25, 0.3) is 10.0 Å². The van der Waals surface area contributed by atoms with E-state index in [4.69, 9.17) is 5.11 Å². The number of sulfonamides is 1. The molecule has 1 unspecified atom stereocenters. The molecule has 1 atom stereocenters. The van der Waals surface area contributed by atoms with Gasteiger partial charge in [-0.3, -0.25) is 9.59 Å². The molecular weight excluding hydrogens is 304 g/mol. The fourth-order valence-electron chi connectivity index (χ4n) is 1.48. The Morgan fingerprint density at radius 3 is 2.50 bits per heavy atom. The predicted octanol–water partition coefficient (Wildman–Crippen LogP) is 0.130. The number of likely N-dealkylation sites (N-methyl/N-ethyl adjacent to an activating group) is 1. The van der Waals surface area contributed by atoms with Gasteiger partial charge in [0.1, 0.15) is 4.21 Å². The van der Waals surface area contributed by atoms with E-state index >= 15 is 0 Å². The maximum atomic E-state index is 12.0. The Labute approximate surface area is 121 Å². The lowest BCUT2D eigenvalue weighted by atomic mass is 10.3. The first-order valence-electron chi connectivity index (χ1n) is 5.67. The van der Waals surface area contributed by atoms with Crippen LogP contribution in [0.2, 0.25) is 0 Å². The molecular formula is C11H16N2O5S2. The van der Waals surface area contributed by atoms with E-state index in [1.807, 2.05) is 0 Å². The molecule has 2 N–H and O–H groups in total. The first-order chi connectivity index (χ1) is 9.13. The van der Waals surface area contributed by atoms with E-state index < -0.39 is 22.0 Å². The van der Waals surface area contributed by atoms with Gasteiger partial charge in [0.2, 0.25) is 5.91 Å². The smallest absolute Gasteiger partial charge is 0.308 e. The fraction of sp³-hybridized carbons (Fsp3) is 0.455. The van der Waals surface area contributed by atoms with Gasteiger partial charge in [-0.25, -0.2) is 8.42 Å². The Bertz CT molecular complexity index is 606. The van der Waals surface area contributed by atoms with Crippen molar-refractivity contribution < 1.29 is 23.1 Å². The van der Waals surface area contributed by atoms with Crippen molar-refractivity contribution in [2.45, 2.75) is 23.6 Å². The number of hydrogen-bond donors (Lipinski definition) is 2. The highest BCUT2D eigenvalue weighted by Crippen LogP contribution is 2.22. The molecule has 0 aromatic carbocycles. The molecule has 0 fully saturated rings. The third-order valence-electron chi connectivity index (χ3n) is 2.37. The summed E-state index contributed by atoms with van der Waals surface area (Å²) in [6.45, 7) is 1.45. The second-order valence-electron chi connectivity index (χ2n) is 4.37. The highest BCUT2D eigenvalue weighted by atomic mass is 32.2. The molecule has 20 heavy (non-hydrogen) atoms. The monoisotopic (exact) mass is 320 g/mol. The molecule has 0 bridgehead atoms. The number of amides is 1. The number of carbonyl (C=O) groups excluding carboxylic acids is 1. The van der Waals surface area contributed by atoms with Crippen LogP contribution >= 0.6 is 11.3 Å². The van der Waals surface area contributed by atoms with Gasteiger partial charge >= 0.3 is 5.97 Å². The van der Waals surface area contributed by atoms with Crippen molar-refractivity contribution in [1.82, 2.24) is 9.62 Å². The zero-order chi connectivity index (χ0) is 15.5. The Kier molecular flexibility index (Phi) is 5.26. The fourth-order valence-corrected chi connectivity index (χ4v) is 4.04. The molecule has 0 spiro atoms. The largest absolute Gasteiger partial charge is 0.481 e. The standard InChI is InChI=1S/C11H16N2O5S2/c1-7(11(16)13(2)3)12-20(17,18)10-5-4-8(19-10)6-9(14)15/h4-5,7,12H,6H2,1-3H3,(H,14,15). The molecule has 0 saturated carbocycles. The highest BCUT2D eigenvalue weighted by Gasteiger charge is 2.24. The zero-order valence-corrected chi connectivity index (χ0v) is 12.9. The van der Waals surface area contributed by atoms with Crippen LogP contribution in [0.5, 0.6) is 0 Å². The molecule has 1 aromatic heterocycles. The number of aliphatic carboxylic acids is 1. The first kappa shape index (κ1) is 16.6. The highest BCUT2D eigenvalue weighted by molar-refractivity contribution is 7.91. The molecule has 9 heteroatoms. The summed E-state index contributed by atoms with van der Waals surface area (Å²) in [5.74, 6) is -1.39. The van der Waals surface area contributed by atoms with Crippen molar-refractivity contribution in [3.05, 3.63) is 17.0 Å². The Balaban J connectivity index is 2.86. The van der Waals surface area contributed by atoms with Crippen molar-refractivity contribution in [2.24, 2.45) is 0 Å². The van der Waals surface area contributed by atoms with Crippen LogP contribution in [0.1, 0.15) is 11.8 Å². The third-order valence-corrected chi connectivity index (χ3v) is 5.49. The van der Waals surface area contributed by atoms with E-state index in [-0.39, 0.29) is 16.5 Å². The maximum absolute atomic E-state index is 12.0. The number of carboxylic acid groups (broad SMARTS) is 1. The van der Waals surface area contributed by atoms with E-state index in [1.54, 1.807) is 0 Å². The number of thiophene rings is 1. The lowest BCUT2D eigenvalue weighted by molar-refractivity contribution is -0.136. The van der Waals surface area contributed by atoms with Gasteiger partial charge in [0.05, 0.1) is 12.5 Å². The predicted molar refractivity (Wildman–Crippen MR) is 74.1 cm³/mol. The van der Waals surface area contributed by atoms with Gasteiger partial charge in [0, 0.05) is 19.0 Å². The first-order valence-corrected chi connectivity index (χ1v) is 7.97. The molecule has 0 aliphatic rings. The van der Waals surface area contributed by atoms with Crippen LogP contribution in [0, 0.1) is 0 Å². The van der Waals surface area contributed by atoms with Crippen LogP contribution in [0.25, 0.3) is 0 Å². The van der Waals surface area contributed by atoms with Gasteiger partial charge in [-0.1, -0.05) is 0 Å². The maximum Gasteiger partial charge on any atom is 0.308 e. The Hall–Kier alpha value is -1.45. The van der Waals surface area contributed by atoms with Crippen LogP contribution in [0.4, 0.5) is 0 Å². The van der Waals surface area contributed by atoms with Crippen LogP contribution in [0.15, 0.2) is 16.3 Å². The lowest BCUT2D eigenvalue weighted by Gasteiger charge is -2.17. The van der Waals surface area contributed by atoms with E-state index in [0.29, 0.717) is 4.88 Å². The Morgan fingerprint density at radius 2 is 2.00 bits per heavy atom. The SMILES string of the molecule is CC(NS(=O)(=O)c1ccc(CC(=O)O)s1)C(=O)N(C)C. The van der Waals surface area contributed by atoms with Gasteiger partial charge in [-0.05, 0) is 19.1 Å². The van der Waals surface area contributed by atoms with E-state index in [1.165, 1.54) is 38.1 Å². The summed E-state index contributed by atoms with van der Waals surface area (Å²) in [5.41, 5.74) is 0. The summed E-state index contributed by atoms with van der Waals surface area (Å²) in [4.78, 5) is 23.9. The molecule has 1 heterocycles. The molecule has 0 aliphatic carbocycles. The van der Waals surface area contributed by atoms with E-state index in [9.17, 15) is 18.0 Å². The van der Waals surface area contributed by atoms with Gasteiger partial charge in [0.15, 0.2) is 0 Å². The van der Waals surface area contributed by atoms with E-state index in [0.717, 1.165) is 11.3 Å². The summed E-state index contributed by atoms with van der Waals surface area (Å²) in [6, 6.07) is 1.89. The number of carboxylic acids is 1. The normalized spacial score (nSPS) is 12.9. The number of carbonyl (C=O) groups is 2. The van der Waals surface area contributed by atoms with Gasteiger partial charge < -0.3 is 10.0 Å². The summed E-state index contributed by atoms with van der Waals surface area (Å²) in [5, 5.41) is 8.65. The molecule has 112 valence electrons. The van der Waals surface area contributed by atoms with Crippen molar-refractivity contribution >= 4 is 33.2 Å². The summed E-state index contributed by atoms with van der Waals surface area (Å²) in [6.07, 6.45) is -0.230. The van der Waals surface area contributed by atoms with Crippen molar-refractivity contribution in [2.75, 3.05) is 14.1 Å². The molecule has 7 nitrogen and oxygen atoms in total. The average molecular weight is 320 g/mol. The zero-order valence-electron chi connectivity index (χ0n) is 11.3. The minimum Gasteiger partial charge on any atom is -0.481 e. The second-order valence-corrected chi connectivity index (χ2v) is 7.48. The number of nitrogens with zero attached hydrogens (tertiary/aromatic N) is 1. The minimum absolute atomic E-state index is 0.00726. The average Bonchev–Trinajstić information content (AvgIpc) is 2.75. The Morgan fingerprint density at radius 1 is 1.40 bits per heavy atom. The topological polar surface area (TPSA) is 104 Å². The number of hydrogen-bond acceptors (Lipinski definition) is 5. The van der Waals surface area contributed by atoms with Gasteiger partial charge in [-0.2, -0.15) is 4.72 Å². The second kappa shape index (κ2) is 6.33. The quantitative estimate of drug-likeness (QED) is 0.775. The lowest BCUT2D eigenvalue weighted by Crippen LogP contribution is -2.43. The molecule has 0 saturated heterocycles. The molecule has 0 aliphatic heterocycles. The summed E-state index contributed by atoms with van der Waals surface area (Å²) in [7, 11) is -0.763. The molecule has 1 aromatic rings. The third kappa shape index (κ3) is 4.29. The van der Waals surface area contributed by atoms with Crippen LogP contribution < -0.4 is 4.72 Å². The molecule has 1 rings (SSSR count). The molecule has 0 radical (unpaired) electrons. The molecule has 1 amide bonds. The summed E-state index contributed by atoms with van der Waals surface area (Å²) >= 11 is 0.874. The van der Waals surface area contributed by atoms with Gasteiger partial charge in [-0.15, -0.1) is 11.3 Å². The van der Waals surface area contributed by atoms with Crippen molar-refractivity contribution in [1.29, 1.82) is 0 Å². The van der Waals surface area contributed by atoms with Crippen molar-refractivity contribution in [3.8, 4) is 0 Å². The van der Waals surface area contributed by atoms with Crippen LogP contribution in [0.3, 0.4) is 0 Å². The summed E-state index contributed by atoms with van der Waals surface area (Å²) < 4.78 is 26.4. The van der Waals surface area contributed by atoms with E-state index in [2.05, 4.69) is 4.72 Å². The van der Waals surface area contributed by atoms with Crippen LogP contribution in [-0.2, 0) is 26.0 Å². The van der Waals surface area contributed by atoms with Crippen LogP contribution in [-0.4, -0.2) is 50.4 Å². The van der Waals surface area contributed by atoms with Crippen molar-refractivity contribution in [3.63, 3.8) is 0 Å².